The van der Waals surface area contributed by atoms with Crippen LogP contribution in [0.15, 0.2) is 18.2 Å². The van der Waals surface area contributed by atoms with Crippen LogP contribution in [-0.4, -0.2) is 13.1 Å². The smallest absolute Gasteiger partial charge is 0.323 e. The average Bonchev–Trinajstić information content (AvgIpc) is 2.29. The molecule has 3 heteroatoms. The number of nitrogens with zero attached hydrogens (tertiary/aromatic N) is 1. The Labute approximate surface area is 95.7 Å². The zero-order valence-electron chi connectivity index (χ0n) is 9.78. The van der Waals surface area contributed by atoms with E-state index in [-0.39, 0.29) is 0 Å². The minimum absolute atomic E-state index is 0.413. The third-order valence-electron chi connectivity index (χ3n) is 2.57. The number of esters is 1. The van der Waals surface area contributed by atoms with Gasteiger partial charge in [0.15, 0.2) is 0 Å². The molecule has 0 saturated heterocycles. The lowest BCUT2D eigenvalue weighted by Gasteiger charge is -2.10. The molecule has 0 aliphatic heterocycles. The van der Waals surface area contributed by atoms with E-state index in [4.69, 9.17) is 5.26 Å². The highest BCUT2D eigenvalue weighted by atomic mass is 16.5. The zero-order valence-corrected chi connectivity index (χ0v) is 9.78. The van der Waals surface area contributed by atoms with Gasteiger partial charge in [0, 0.05) is 0 Å². The Bertz CT molecular complexity index is 432. The largest absolute Gasteiger partial charge is 0.468 e. The second-order valence-electron chi connectivity index (χ2n) is 3.84. The van der Waals surface area contributed by atoms with E-state index in [1.807, 2.05) is 38.1 Å². The number of methoxy groups -OCH3 is 1. The standard InChI is InChI=1S/C13H15NO2/c1-9-4-5-10(2)11(6-9)7-12(8-14)13(15)16-3/h4-6,12H,7H2,1-3H3. The van der Waals surface area contributed by atoms with E-state index in [2.05, 4.69) is 4.74 Å². The molecule has 0 amide bonds. The number of benzene rings is 1. The van der Waals surface area contributed by atoms with Crippen LogP contribution in [0, 0.1) is 31.1 Å². The summed E-state index contributed by atoms with van der Waals surface area (Å²) in [6.45, 7) is 3.96. The van der Waals surface area contributed by atoms with Crippen LogP contribution in [0.5, 0.6) is 0 Å². The molecule has 0 aromatic heterocycles. The highest BCUT2D eigenvalue weighted by molar-refractivity contribution is 5.75. The molecule has 0 spiro atoms. The predicted molar refractivity (Wildman–Crippen MR) is 60.7 cm³/mol. The molecule has 0 radical (unpaired) electrons. The molecule has 16 heavy (non-hydrogen) atoms. The quantitative estimate of drug-likeness (QED) is 0.729. The van der Waals surface area contributed by atoms with Gasteiger partial charge in [-0.25, -0.2) is 0 Å². The Hall–Kier alpha value is -1.82. The summed E-state index contributed by atoms with van der Waals surface area (Å²) in [5.74, 6) is -1.19. The maximum Gasteiger partial charge on any atom is 0.323 e. The maximum absolute atomic E-state index is 11.3. The molecule has 1 aromatic carbocycles. The third-order valence-corrected chi connectivity index (χ3v) is 2.57. The minimum Gasteiger partial charge on any atom is -0.468 e. The first-order valence-electron chi connectivity index (χ1n) is 5.12. The van der Waals surface area contributed by atoms with Crippen LogP contribution < -0.4 is 0 Å². The Morgan fingerprint density at radius 2 is 2.19 bits per heavy atom. The van der Waals surface area contributed by atoms with Crippen molar-refractivity contribution in [3.05, 3.63) is 34.9 Å². The first-order chi connectivity index (χ1) is 7.58. The fourth-order valence-corrected chi connectivity index (χ4v) is 1.56. The average molecular weight is 217 g/mol. The summed E-state index contributed by atoms with van der Waals surface area (Å²) >= 11 is 0. The van der Waals surface area contributed by atoms with E-state index in [1.54, 1.807) is 0 Å². The van der Waals surface area contributed by atoms with Crippen molar-refractivity contribution >= 4 is 5.97 Å². The minimum atomic E-state index is -0.717. The molecule has 0 bridgehead atoms. The summed E-state index contributed by atoms with van der Waals surface area (Å²) in [5, 5.41) is 8.90. The summed E-state index contributed by atoms with van der Waals surface area (Å²) < 4.78 is 4.58. The van der Waals surface area contributed by atoms with Gasteiger partial charge in [0.25, 0.3) is 0 Å². The molecule has 0 saturated carbocycles. The Morgan fingerprint density at radius 3 is 2.75 bits per heavy atom. The maximum atomic E-state index is 11.3. The first kappa shape index (κ1) is 12.3. The van der Waals surface area contributed by atoms with E-state index in [1.165, 1.54) is 7.11 Å². The summed E-state index contributed by atoms with van der Waals surface area (Å²) in [6, 6.07) is 7.98. The van der Waals surface area contributed by atoms with Crippen LogP contribution in [0.3, 0.4) is 0 Å². The highest BCUT2D eigenvalue weighted by Crippen LogP contribution is 2.16. The number of aryl methyl sites for hydroxylation is 2. The monoisotopic (exact) mass is 217 g/mol. The second-order valence-corrected chi connectivity index (χ2v) is 3.84. The van der Waals surface area contributed by atoms with E-state index in [0.29, 0.717) is 6.42 Å². The van der Waals surface area contributed by atoms with Crippen molar-refractivity contribution in [3.8, 4) is 6.07 Å². The van der Waals surface area contributed by atoms with Crippen molar-refractivity contribution in [2.24, 2.45) is 5.92 Å². The van der Waals surface area contributed by atoms with Crippen molar-refractivity contribution in [2.75, 3.05) is 7.11 Å². The van der Waals surface area contributed by atoms with Gasteiger partial charge in [0.1, 0.15) is 5.92 Å². The highest BCUT2D eigenvalue weighted by Gasteiger charge is 2.19. The Balaban J connectivity index is 2.91. The SMILES string of the molecule is COC(=O)C(C#N)Cc1cc(C)ccc1C. The number of hydrogen-bond acceptors (Lipinski definition) is 3. The van der Waals surface area contributed by atoms with Crippen LogP contribution in [-0.2, 0) is 16.0 Å². The number of carbonyl (C=O) groups is 1. The van der Waals surface area contributed by atoms with Gasteiger partial charge in [-0.05, 0) is 31.4 Å². The molecule has 1 rings (SSSR count). The van der Waals surface area contributed by atoms with Crippen LogP contribution in [0.2, 0.25) is 0 Å². The van der Waals surface area contributed by atoms with Gasteiger partial charge >= 0.3 is 5.97 Å². The number of ether oxygens (including phenoxy) is 1. The van der Waals surface area contributed by atoms with Gasteiger partial charge in [-0.15, -0.1) is 0 Å². The molecule has 0 aliphatic rings. The van der Waals surface area contributed by atoms with Crippen LogP contribution in [0.4, 0.5) is 0 Å². The van der Waals surface area contributed by atoms with Gasteiger partial charge in [-0.1, -0.05) is 23.8 Å². The summed E-state index contributed by atoms with van der Waals surface area (Å²) in [6.07, 6.45) is 0.413. The van der Waals surface area contributed by atoms with E-state index >= 15 is 0 Å². The second kappa shape index (κ2) is 5.32. The van der Waals surface area contributed by atoms with Crippen LogP contribution >= 0.6 is 0 Å². The Kier molecular flexibility index (Phi) is 4.07. The van der Waals surface area contributed by atoms with E-state index in [9.17, 15) is 4.79 Å². The normalized spacial score (nSPS) is 11.6. The molecule has 1 atom stereocenters. The molecular formula is C13H15NO2. The van der Waals surface area contributed by atoms with Crippen molar-refractivity contribution in [1.29, 1.82) is 5.26 Å². The van der Waals surface area contributed by atoms with Gasteiger partial charge < -0.3 is 4.74 Å². The molecule has 1 unspecified atom stereocenters. The lowest BCUT2D eigenvalue weighted by molar-refractivity contribution is -0.143. The van der Waals surface area contributed by atoms with Crippen LogP contribution in [0.25, 0.3) is 0 Å². The fraction of sp³-hybridized carbons (Fsp3) is 0.385. The number of rotatable bonds is 3. The van der Waals surface area contributed by atoms with Crippen LogP contribution in [0.1, 0.15) is 16.7 Å². The predicted octanol–water partition coefficient (Wildman–Crippen LogP) is 2.16. The summed E-state index contributed by atoms with van der Waals surface area (Å²) in [7, 11) is 1.30. The van der Waals surface area contributed by atoms with Gasteiger partial charge in [-0.2, -0.15) is 5.26 Å². The van der Waals surface area contributed by atoms with Crippen molar-refractivity contribution in [3.63, 3.8) is 0 Å². The van der Waals surface area contributed by atoms with Crippen molar-refractivity contribution < 1.29 is 9.53 Å². The molecule has 1 aromatic rings. The zero-order chi connectivity index (χ0) is 12.1. The van der Waals surface area contributed by atoms with E-state index in [0.717, 1.165) is 16.7 Å². The molecule has 0 aliphatic carbocycles. The van der Waals surface area contributed by atoms with Gasteiger partial charge in [-0.3, -0.25) is 4.79 Å². The lowest BCUT2D eigenvalue weighted by Crippen LogP contribution is -2.17. The molecule has 0 fully saturated rings. The van der Waals surface area contributed by atoms with Crippen molar-refractivity contribution in [1.82, 2.24) is 0 Å². The number of nitriles is 1. The third kappa shape index (κ3) is 2.83. The lowest BCUT2D eigenvalue weighted by atomic mass is 9.96. The number of hydrogen-bond donors (Lipinski definition) is 0. The molecule has 0 N–H and O–H groups in total. The summed E-state index contributed by atoms with van der Waals surface area (Å²) in [5.41, 5.74) is 3.24. The Morgan fingerprint density at radius 1 is 1.50 bits per heavy atom. The molecule has 3 nitrogen and oxygen atoms in total. The van der Waals surface area contributed by atoms with Crippen molar-refractivity contribution in [2.45, 2.75) is 20.3 Å². The van der Waals surface area contributed by atoms with E-state index < -0.39 is 11.9 Å². The molecular weight excluding hydrogens is 202 g/mol. The topological polar surface area (TPSA) is 50.1 Å². The molecule has 0 heterocycles. The fourth-order valence-electron chi connectivity index (χ4n) is 1.56. The molecule has 84 valence electrons. The number of carbonyl (C=O) groups excluding carboxylic acids is 1. The van der Waals surface area contributed by atoms with Gasteiger partial charge in [0.05, 0.1) is 13.2 Å². The first-order valence-corrected chi connectivity index (χ1v) is 5.12. The van der Waals surface area contributed by atoms with Gasteiger partial charge in [0.2, 0.25) is 0 Å². The summed E-state index contributed by atoms with van der Waals surface area (Å²) in [4.78, 5) is 11.3.